The number of aliphatic carboxylic acids is 1. The number of carboxylic acids is 1. The summed E-state index contributed by atoms with van der Waals surface area (Å²) in [5.74, 6) is 0.351. The lowest BCUT2D eigenvalue weighted by Gasteiger charge is -2.26. The minimum Gasteiger partial charge on any atom is -0.493 e. The summed E-state index contributed by atoms with van der Waals surface area (Å²) in [5.41, 5.74) is 0.453. The molecule has 1 N–H and O–H groups in total. The molecule has 7 nitrogen and oxygen atoms in total. The van der Waals surface area contributed by atoms with E-state index < -0.39 is 29.8 Å². The zero-order valence-corrected chi connectivity index (χ0v) is 14.7. The largest absolute Gasteiger partial charge is 0.493 e. The second kappa shape index (κ2) is 6.46. The Morgan fingerprint density at radius 2 is 2.08 bits per heavy atom. The smallest absolute Gasteiger partial charge is 0.411 e. The van der Waals surface area contributed by atoms with E-state index in [2.05, 4.69) is 0 Å². The first kappa shape index (κ1) is 17.4. The van der Waals surface area contributed by atoms with Crippen molar-refractivity contribution in [2.45, 2.75) is 51.4 Å². The van der Waals surface area contributed by atoms with Crippen molar-refractivity contribution in [2.75, 3.05) is 13.2 Å². The van der Waals surface area contributed by atoms with E-state index in [1.54, 1.807) is 20.8 Å². The molecule has 136 valence electrons. The van der Waals surface area contributed by atoms with Gasteiger partial charge in [0.25, 0.3) is 0 Å². The highest BCUT2D eigenvalue weighted by Crippen LogP contribution is 2.31. The van der Waals surface area contributed by atoms with Gasteiger partial charge >= 0.3 is 12.1 Å². The Balaban J connectivity index is 1.69. The molecule has 0 bridgehead atoms. The molecule has 1 saturated heterocycles. The molecule has 0 aromatic heterocycles. The van der Waals surface area contributed by atoms with Crippen molar-refractivity contribution in [1.82, 2.24) is 4.90 Å². The molecule has 2 atom stereocenters. The zero-order chi connectivity index (χ0) is 18.2. The van der Waals surface area contributed by atoms with Gasteiger partial charge in [-0.2, -0.15) is 0 Å². The van der Waals surface area contributed by atoms with Crippen LogP contribution in [0.3, 0.4) is 0 Å². The van der Waals surface area contributed by atoms with Gasteiger partial charge in [-0.1, -0.05) is 6.07 Å². The molecule has 2 heterocycles. The molecular formula is C18H23NO6. The number of carboxylic acid groups (broad SMARTS) is 1. The van der Waals surface area contributed by atoms with E-state index >= 15 is 0 Å². The molecular weight excluding hydrogens is 326 g/mol. The fraction of sp³-hybridized carbons (Fsp3) is 0.556. The monoisotopic (exact) mass is 349 g/mol. The van der Waals surface area contributed by atoms with Crippen LogP contribution >= 0.6 is 0 Å². The molecule has 2 aliphatic rings. The number of rotatable bonds is 3. The second-order valence-corrected chi connectivity index (χ2v) is 7.33. The average Bonchev–Trinajstić information content (AvgIpc) is 3.11. The van der Waals surface area contributed by atoms with Gasteiger partial charge in [-0.05, 0) is 32.4 Å². The van der Waals surface area contributed by atoms with Crippen LogP contribution in [0.2, 0.25) is 0 Å². The lowest BCUT2D eigenvalue weighted by atomic mass is 10.1. The summed E-state index contributed by atoms with van der Waals surface area (Å²) in [6, 6.07) is 4.66. The third kappa shape index (κ3) is 3.97. The number of nitrogens with zero attached hydrogens (tertiary/aromatic N) is 1. The minimum absolute atomic E-state index is 0.170. The summed E-state index contributed by atoms with van der Waals surface area (Å²) in [6.07, 6.45) is 0.0513. The molecule has 0 radical (unpaired) electrons. The fourth-order valence-corrected chi connectivity index (χ4v) is 3.05. The van der Waals surface area contributed by atoms with Crippen LogP contribution in [-0.2, 0) is 16.0 Å². The molecule has 1 aromatic carbocycles. The van der Waals surface area contributed by atoms with Crippen LogP contribution in [0, 0.1) is 0 Å². The maximum atomic E-state index is 12.3. The number of amides is 1. The van der Waals surface area contributed by atoms with E-state index in [9.17, 15) is 14.7 Å². The van der Waals surface area contributed by atoms with Crippen LogP contribution < -0.4 is 9.47 Å². The Labute approximate surface area is 146 Å². The SMILES string of the molecule is CC(C)(C)OC(=O)N1CC(Oc2ccc3c(c2)OCC3)CC1C(=O)O. The first-order valence-electron chi connectivity index (χ1n) is 8.38. The maximum Gasteiger partial charge on any atom is 0.411 e. The normalized spacial score (nSPS) is 22.3. The number of likely N-dealkylation sites (tertiary alicyclic amines) is 1. The first-order valence-corrected chi connectivity index (χ1v) is 8.38. The quantitative estimate of drug-likeness (QED) is 0.902. The van der Waals surface area contributed by atoms with Gasteiger partial charge in [0.1, 0.15) is 29.2 Å². The highest BCUT2D eigenvalue weighted by molar-refractivity contribution is 5.81. The summed E-state index contributed by atoms with van der Waals surface area (Å²) in [5, 5.41) is 9.42. The Hall–Kier alpha value is -2.44. The fourth-order valence-electron chi connectivity index (χ4n) is 3.05. The van der Waals surface area contributed by atoms with Gasteiger partial charge in [-0.25, -0.2) is 9.59 Å². The van der Waals surface area contributed by atoms with E-state index in [0.29, 0.717) is 12.4 Å². The molecule has 1 aromatic rings. The van der Waals surface area contributed by atoms with Crippen LogP contribution in [0.5, 0.6) is 11.5 Å². The molecule has 1 fully saturated rings. The van der Waals surface area contributed by atoms with Crippen LogP contribution in [-0.4, -0.2) is 53.0 Å². The molecule has 3 rings (SSSR count). The van der Waals surface area contributed by atoms with Gasteiger partial charge in [0.15, 0.2) is 0 Å². The molecule has 0 saturated carbocycles. The summed E-state index contributed by atoms with van der Waals surface area (Å²) >= 11 is 0. The second-order valence-electron chi connectivity index (χ2n) is 7.33. The van der Waals surface area contributed by atoms with Gasteiger partial charge in [0, 0.05) is 18.9 Å². The van der Waals surface area contributed by atoms with Gasteiger partial charge in [0.05, 0.1) is 13.2 Å². The molecule has 1 amide bonds. The predicted molar refractivity (Wildman–Crippen MR) is 89.0 cm³/mol. The first-order chi connectivity index (χ1) is 11.7. The number of fused-ring (bicyclic) bond motifs is 1. The van der Waals surface area contributed by atoms with Crippen molar-refractivity contribution in [3.05, 3.63) is 23.8 Å². The van der Waals surface area contributed by atoms with Crippen molar-refractivity contribution in [2.24, 2.45) is 0 Å². The Morgan fingerprint density at radius 3 is 2.76 bits per heavy atom. The van der Waals surface area contributed by atoms with Crippen molar-refractivity contribution < 1.29 is 28.9 Å². The number of hydrogen-bond donors (Lipinski definition) is 1. The number of benzene rings is 1. The number of ether oxygens (including phenoxy) is 3. The molecule has 25 heavy (non-hydrogen) atoms. The van der Waals surface area contributed by atoms with Gasteiger partial charge in [0.2, 0.25) is 0 Å². The summed E-state index contributed by atoms with van der Waals surface area (Å²) < 4.78 is 16.7. The van der Waals surface area contributed by atoms with Crippen LogP contribution in [0.25, 0.3) is 0 Å². The van der Waals surface area contributed by atoms with Crippen molar-refractivity contribution in [3.8, 4) is 11.5 Å². The lowest BCUT2D eigenvalue weighted by molar-refractivity contribution is -0.142. The standard InChI is InChI=1S/C18H23NO6/c1-18(2,3)25-17(22)19-10-13(8-14(19)16(20)21)24-12-5-4-11-6-7-23-15(11)9-12/h4-5,9,13-14H,6-8,10H2,1-3H3,(H,20,21). The summed E-state index contributed by atoms with van der Waals surface area (Å²) in [7, 11) is 0. The molecule has 0 spiro atoms. The van der Waals surface area contributed by atoms with Gasteiger partial charge < -0.3 is 19.3 Å². The number of carbonyl (C=O) groups excluding carboxylic acids is 1. The molecule has 2 unspecified atom stereocenters. The third-order valence-corrected chi connectivity index (χ3v) is 4.15. The van der Waals surface area contributed by atoms with Gasteiger partial charge in [-0.15, -0.1) is 0 Å². The molecule has 0 aliphatic carbocycles. The van der Waals surface area contributed by atoms with Gasteiger partial charge in [-0.3, -0.25) is 4.90 Å². The van der Waals surface area contributed by atoms with E-state index in [1.165, 1.54) is 4.90 Å². The Kier molecular flexibility index (Phi) is 4.49. The predicted octanol–water partition coefficient (Wildman–Crippen LogP) is 2.46. The highest BCUT2D eigenvalue weighted by Gasteiger charge is 2.42. The van der Waals surface area contributed by atoms with Crippen LogP contribution in [0.4, 0.5) is 4.79 Å². The zero-order valence-electron chi connectivity index (χ0n) is 14.7. The van der Waals surface area contributed by atoms with Crippen LogP contribution in [0.15, 0.2) is 18.2 Å². The summed E-state index contributed by atoms with van der Waals surface area (Å²) in [6.45, 7) is 6.07. The molecule has 7 heteroatoms. The third-order valence-electron chi connectivity index (χ3n) is 4.15. The highest BCUT2D eigenvalue weighted by atomic mass is 16.6. The van der Waals surface area contributed by atoms with Crippen molar-refractivity contribution in [3.63, 3.8) is 0 Å². The van der Waals surface area contributed by atoms with Crippen molar-refractivity contribution >= 4 is 12.1 Å². The van der Waals surface area contributed by atoms with E-state index in [-0.39, 0.29) is 13.0 Å². The van der Waals surface area contributed by atoms with E-state index in [4.69, 9.17) is 14.2 Å². The number of hydrogen-bond acceptors (Lipinski definition) is 5. The molecule has 2 aliphatic heterocycles. The van der Waals surface area contributed by atoms with Crippen LogP contribution in [0.1, 0.15) is 32.8 Å². The number of carbonyl (C=O) groups is 2. The van der Waals surface area contributed by atoms with Crippen molar-refractivity contribution in [1.29, 1.82) is 0 Å². The van der Waals surface area contributed by atoms with E-state index in [0.717, 1.165) is 17.7 Å². The topological polar surface area (TPSA) is 85.3 Å². The average molecular weight is 349 g/mol. The lowest BCUT2D eigenvalue weighted by Crippen LogP contribution is -2.43. The van der Waals surface area contributed by atoms with E-state index in [1.807, 2.05) is 18.2 Å². The maximum absolute atomic E-state index is 12.3. The Bertz CT molecular complexity index is 681. The minimum atomic E-state index is -1.06. The summed E-state index contributed by atoms with van der Waals surface area (Å²) in [4.78, 5) is 25.0. The Morgan fingerprint density at radius 1 is 1.32 bits per heavy atom.